The van der Waals surface area contributed by atoms with Gasteiger partial charge in [0, 0.05) is 24.0 Å². The number of allylic oxidation sites excluding steroid dienone is 1. The predicted molar refractivity (Wildman–Crippen MR) is 117 cm³/mol. The zero-order valence-corrected chi connectivity index (χ0v) is 17.5. The number of aliphatic imine (C=N–C) groups is 1. The second-order valence-corrected chi connectivity index (χ2v) is 7.50. The Morgan fingerprint density at radius 3 is 2.52 bits per heavy atom. The molecule has 0 spiro atoms. The maximum absolute atomic E-state index is 6.53. The van der Waals surface area contributed by atoms with Crippen molar-refractivity contribution in [1.82, 2.24) is 15.1 Å². The molecule has 5 nitrogen and oxygen atoms in total. The van der Waals surface area contributed by atoms with Crippen LogP contribution in [0.2, 0.25) is 0 Å². The number of nitrogens with two attached hydrogens (primary N) is 1. The van der Waals surface area contributed by atoms with E-state index in [9.17, 15) is 0 Å². The number of aromatic nitrogens is 2. The summed E-state index contributed by atoms with van der Waals surface area (Å²) in [6.45, 7) is 11.2. The van der Waals surface area contributed by atoms with Crippen LogP contribution in [0.4, 0.5) is 5.82 Å². The van der Waals surface area contributed by atoms with Crippen LogP contribution in [-0.2, 0) is 5.54 Å². The van der Waals surface area contributed by atoms with Crippen LogP contribution in [0, 0.1) is 6.92 Å². The molecule has 0 atom stereocenters. The van der Waals surface area contributed by atoms with E-state index in [1.807, 2.05) is 18.7 Å². The lowest BCUT2D eigenvalue weighted by Crippen LogP contribution is -2.37. The zero-order valence-electron chi connectivity index (χ0n) is 17.5. The third-order valence-electron chi connectivity index (χ3n) is 4.56. The van der Waals surface area contributed by atoms with E-state index < -0.39 is 0 Å². The molecular formula is C22H33N5. The third-order valence-corrected chi connectivity index (χ3v) is 4.56. The highest BCUT2D eigenvalue weighted by atomic mass is 15.4. The summed E-state index contributed by atoms with van der Waals surface area (Å²) < 4.78 is 2.00. The number of unbranched alkanes of at least 4 members (excludes halogenated alkanes) is 1. The first kappa shape index (κ1) is 20.9. The summed E-state index contributed by atoms with van der Waals surface area (Å²) in [6, 6.07) is 8.41. The second kappa shape index (κ2) is 9.00. The first-order valence-electron chi connectivity index (χ1n) is 9.65. The molecule has 3 N–H and O–H groups in total. The lowest BCUT2D eigenvalue weighted by atomic mass is 10.0. The number of aryl methyl sites for hydroxylation is 1. The van der Waals surface area contributed by atoms with Crippen molar-refractivity contribution >= 4 is 17.7 Å². The molecule has 0 saturated carbocycles. The number of hydrogen-bond acceptors (Lipinski definition) is 4. The van der Waals surface area contributed by atoms with Crippen molar-refractivity contribution in [3.05, 3.63) is 41.5 Å². The Hall–Kier alpha value is -2.40. The second-order valence-electron chi connectivity index (χ2n) is 7.50. The highest BCUT2D eigenvalue weighted by Gasteiger charge is 2.29. The lowest BCUT2D eigenvalue weighted by Gasteiger charge is -2.26. The summed E-state index contributed by atoms with van der Waals surface area (Å²) >= 11 is 0. The summed E-state index contributed by atoms with van der Waals surface area (Å²) in [4.78, 5) is 4.67. The van der Waals surface area contributed by atoms with Gasteiger partial charge in [0.15, 0.2) is 5.82 Å². The van der Waals surface area contributed by atoms with Crippen LogP contribution < -0.4 is 11.1 Å². The summed E-state index contributed by atoms with van der Waals surface area (Å²) in [7, 11) is 1.95. The maximum atomic E-state index is 6.53. The molecule has 0 aliphatic heterocycles. The number of nitrogens with zero attached hydrogens (tertiary/aromatic N) is 3. The normalized spacial score (nSPS) is 12.9. The predicted octanol–water partition coefficient (Wildman–Crippen LogP) is 4.63. The number of likely N-dealkylation sites (N-methyl/N-ethyl adjacent to an activating group) is 1. The molecule has 0 bridgehead atoms. The topological polar surface area (TPSA) is 68.2 Å². The minimum atomic E-state index is -0.251. The Balaban J connectivity index is 2.79. The zero-order chi connectivity index (χ0) is 20.0. The minimum Gasteiger partial charge on any atom is -0.398 e. The van der Waals surface area contributed by atoms with Crippen molar-refractivity contribution in [1.29, 1.82) is 0 Å². The molecule has 1 heterocycles. The molecular weight excluding hydrogens is 334 g/mol. The largest absolute Gasteiger partial charge is 0.398 e. The molecule has 0 fully saturated rings. The van der Waals surface area contributed by atoms with Gasteiger partial charge in [0.05, 0.1) is 11.1 Å². The van der Waals surface area contributed by atoms with E-state index in [2.05, 4.69) is 68.3 Å². The van der Waals surface area contributed by atoms with E-state index in [0.29, 0.717) is 0 Å². The Morgan fingerprint density at radius 1 is 1.30 bits per heavy atom. The number of benzene rings is 1. The van der Waals surface area contributed by atoms with Gasteiger partial charge in [0.1, 0.15) is 5.69 Å². The van der Waals surface area contributed by atoms with Crippen LogP contribution in [0.1, 0.15) is 51.7 Å². The number of nitrogens with one attached hydrogen (secondary N) is 1. The SMILES string of the molecule is CC=Nc1c(/C(N)=C/CCC)c(-c2ccc(C)cc2)nn1C(C)(C)CNC. The molecule has 2 aromatic rings. The molecule has 0 unspecified atom stereocenters. The molecule has 0 amide bonds. The fraction of sp³-hybridized carbons (Fsp3) is 0.455. The van der Waals surface area contributed by atoms with Gasteiger partial charge in [-0.15, -0.1) is 0 Å². The molecule has 0 saturated heterocycles. The third kappa shape index (κ3) is 4.66. The van der Waals surface area contributed by atoms with Gasteiger partial charge in [0.25, 0.3) is 0 Å². The van der Waals surface area contributed by atoms with Crippen LogP contribution in [0.15, 0.2) is 35.3 Å². The van der Waals surface area contributed by atoms with Gasteiger partial charge in [0.2, 0.25) is 0 Å². The lowest BCUT2D eigenvalue weighted by molar-refractivity contribution is 0.314. The number of hydrogen-bond donors (Lipinski definition) is 2. The molecule has 146 valence electrons. The average molecular weight is 368 g/mol. The molecule has 2 rings (SSSR count). The average Bonchev–Trinajstić information content (AvgIpc) is 3.01. The fourth-order valence-corrected chi connectivity index (χ4v) is 3.16. The van der Waals surface area contributed by atoms with E-state index in [0.717, 1.165) is 47.7 Å². The monoisotopic (exact) mass is 367 g/mol. The highest BCUT2D eigenvalue weighted by Crippen LogP contribution is 2.37. The van der Waals surface area contributed by atoms with E-state index >= 15 is 0 Å². The van der Waals surface area contributed by atoms with Crippen molar-refractivity contribution in [2.75, 3.05) is 13.6 Å². The minimum absolute atomic E-state index is 0.251. The van der Waals surface area contributed by atoms with Gasteiger partial charge in [-0.3, -0.25) is 0 Å². The quantitative estimate of drug-likeness (QED) is 0.668. The Morgan fingerprint density at radius 2 is 1.96 bits per heavy atom. The van der Waals surface area contributed by atoms with Gasteiger partial charge in [-0.05, 0) is 41.2 Å². The molecule has 0 aliphatic carbocycles. The van der Waals surface area contributed by atoms with Crippen LogP contribution in [0.5, 0.6) is 0 Å². The van der Waals surface area contributed by atoms with Crippen molar-refractivity contribution in [3.8, 4) is 11.3 Å². The van der Waals surface area contributed by atoms with Crippen LogP contribution in [0.25, 0.3) is 17.0 Å². The Bertz CT molecular complexity index is 810. The molecule has 5 heteroatoms. The van der Waals surface area contributed by atoms with Gasteiger partial charge < -0.3 is 11.1 Å². The van der Waals surface area contributed by atoms with E-state index in [1.54, 1.807) is 6.21 Å². The molecule has 0 aliphatic rings. The van der Waals surface area contributed by atoms with Crippen molar-refractivity contribution in [2.24, 2.45) is 10.7 Å². The Kier molecular flexibility index (Phi) is 6.97. The first-order valence-corrected chi connectivity index (χ1v) is 9.65. The van der Waals surface area contributed by atoms with Crippen LogP contribution in [0.3, 0.4) is 0 Å². The Labute approximate surface area is 163 Å². The van der Waals surface area contributed by atoms with E-state index in [4.69, 9.17) is 10.8 Å². The van der Waals surface area contributed by atoms with Gasteiger partial charge in [-0.2, -0.15) is 5.10 Å². The maximum Gasteiger partial charge on any atom is 0.160 e. The van der Waals surface area contributed by atoms with Crippen LogP contribution in [-0.4, -0.2) is 29.6 Å². The van der Waals surface area contributed by atoms with Crippen LogP contribution >= 0.6 is 0 Å². The van der Waals surface area contributed by atoms with Crippen molar-refractivity contribution in [2.45, 2.75) is 53.0 Å². The van der Waals surface area contributed by atoms with E-state index in [-0.39, 0.29) is 5.54 Å². The van der Waals surface area contributed by atoms with E-state index in [1.165, 1.54) is 5.56 Å². The fourth-order valence-electron chi connectivity index (χ4n) is 3.16. The van der Waals surface area contributed by atoms with Crippen molar-refractivity contribution in [3.63, 3.8) is 0 Å². The van der Waals surface area contributed by atoms with Gasteiger partial charge in [-0.25, -0.2) is 9.67 Å². The standard InChI is InChI=1S/C22H33N5/c1-7-9-10-18(23)19-20(17-13-11-16(3)12-14-17)26-27(21(19)25-8-2)22(4,5)15-24-6/h8,10-14,24H,7,9,15,23H2,1-6H3/b18-10-,25-8?. The summed E-state index contributed by atoms with van der Waals surface area (Å²) in [6.07, 6.45) is 5.86. The van der Waals surface area contributed by atoms with Crippen molar-refractivity contribution < 1.29 is 0 Å². The number of rotatable bonds is 8. The van der Waals surface area contributed by atoms with Gasteiger partial charge >= 0.3 is 0 Å². The summed E-state index contributed by atoms with van der Waals surface area (Å²) in [5, 5.41) is 8.25. The van der Waals surface area contributed by atoms with Gasteiger partial charge in [-0.1, -0.05) is 49.2 Å². The summed E-state index contributed by atoms with van der Waals surface area (Å²) in [5.41, 5.74) is 11.1. The molecule has 1 aromatic heterocycles. The molecule has 27 heavy (non-hydrogen) atoms. The molecule has 1 aromatic carbocycles. The summed E-state index contributed by atoms with van der Waals surface area (Å²) in [5.74, 6) is 0.804. The highest BCUT2D eigenvalue weighted by molar-refractivity contribution is 5.85. The molecule has 0 radical (unpaired) electrons. The smallest absolute Gasteiger partial charge is 0.160 e. The first-order chi connectivity index (χ1) is 12.9.